The molecule has 0 radical (unpaired) electrons. The van der Waals surface area contributed by atoms with Crippen LogP contribution in [0.1, 0.15) is 22.8 Å². The number of methoxy groups -OCH3 is 1. The van der Waals surface area contributed by atoms with Gasteiger partial charge in [0.1, 0.15) is 0 Å². The summed E-state index contributed by atoms with van der Waals surface area (Å²) in [6, 6.07) is 20.5. The van der Waals surface area contributed by atoms with E-state index in [9.17, 15) is 4.79 Å². The first-order valence-corrected chi connectivity index (χ1v) is 12.0. The lowest BCUT2D eigenvalue weighted by molar-refractivity contribution is 0.0955. The second-order valence-corrected chi connectivity index (χ2v) is 8.54. The minimum absolute atomic E-state index is 0.331. The molecule has 35 heavy (non-hydrogen) atoms. The smallest absolute Gasteiger partial charge is 0.271 e. The molecule has 0 bridgehead atoms. The van der Waals surface area contributed by atoms with E-state index in [1.165, 1.54) is 24.7 Å². The summed E-state index contributed by atoms with van der Waals surface area (Å²) < 4.78 is 10.8. The molecular formula is C26H23ClN4O3S. The molecule has 4 rings (SSSR count). The molecule has 0 unspecified atom stereocenters. The zero-order chi connectivity index (χ0) is 24.6. The number of halogens is 1. The van der Waals surface area contributed by atoms with Crippen LogP contribution in [0.5, 0.6) is 11.5 Å². The molecule has 0 atom stereocenters. The number of nitrogens with one attached hydrogen (secondary N) is 2. The lowest BCUT2D eigenvalue weighted by atomic mass is 10.1. The van der Waals surface area contributed by atoms with Gasteiger partial charge in [-0.05, 0) is 48.9 Å². The number of benzene rings is 3. The van der Waals surface area contributed by atoms with Crippen molar-refractivity contribution in [1.82, 2.24) is 10.4 Å². The number of aromatic nitrogens is 1. The van der Waals surface area contributed by atoms with Gasteiger partial charge in [-0.15, -0.1) is 11.3 Å². The van der Waals surface area contributed by atoms with Crippen molar-refractivity contribution in [3.8, 4) is 22.8 Å². The highest BCUT2D eigenvalue weighted by Gasteiger charge is 2.11. The van der Waals surface area contributed by atoms with Gasteiger partial charge < -0.3 is 14.8 Å². The summed E-state index contributed by atoms with van der Waals surface area (Å²) in [5.74, 6) is 0.634. The van der Waals surface area contributed by atoms with Crippen molar-refractivity contribution in [1.29, 1.82) is 0 Å². The molecule has 1 heterocycles. The molecule has 4 aromatic rings. The van der Waals surface area contributed by atoms with Crippen LogP contribution in [0, 0.1) is 0 Å². The van der Waals surface area contributed by atoms with Crippen LogP contribution in [-0.2, 0) is 0 Å². The number of hydrogen-bond acceptors (Lipinski definition) is 7. The summed E-state index contributed by atoms with van der Waals surface area (Å²) in [4.78, 5) is 17.1. The number of hydrogen-bond donors (Lipinski definition) is 2. The molecular weight excluding hydrogens is 484 g/mol. The van der Waals surface area contributed by atoms with Crippen LogP contribution in [0.4, 0.5) is 10.8 Å². The van der Waals surface area contributed by atoms with Gasteiger partial charge in [0.2, 0.25) is 0 Å². The minimum Gasteiger partial charge on any atom is -0.491 e. The normalized spacial score (nSPS) is 10.8. The number of ether oxygens (including phenoxy) is 2. The number of carbonyl (C=O) groups is 1. The zero-order valence-corrected chi connectivity index (χ0v) is 20.7. The number of thiazole rings is 1. The SMILES string of the molecule is CCOc1cc(/C=N\NC(=O)c2ccc(-c3csc(Nc4ccccc4)n3)cc2)cc(Cl)c1OC. The predicted molar refractivity (Wildman–Crippen MR) is 142 cm³/mol. The van der Waals surface area contributed by atoms with Crippen LogP contribution in [-0.4, -0.2) is 30.8 Å². The van der Waals surface area contributed by atoms with Crippen LogP contribution in [0.2, 0.25) is 5.02 Å². The standard InChI is InChI=1S/C26H23ClN4O3S/c1-3-34-23-14-17(13-21(27)24(23)33-2)15-28-31-25(32)19-11-9-18(10-12-19)22-16-35-26(30-22)29-20-7-5-4-6-8-20/h4-16H,3H2,1-2H3,(H,29,30)(H,31,32)/b28-15-. The molecule has 0 saturated heterocycles. The highest BCUT2D eigenvalue weighted by Crippen LogP contribution is 2.36. The number of para-hydroxylation sites is 1. The Bertz CT molecular complexity index is 1320. The van der Waals surface area contributed by atoms with Crippen molar-refractivity contribution >= 4 is 45.9 Å². The molecule has 0 spiro atoms. The maximum atomic E-state index is 12.5. The van der Waals surface area contributed by atoms with Crippen molar-refractivity contribution in [2.45, 2.75) is 6.92 Å². The molecule has 0 aliphatic rings. The second kappa shape index (κ2) is 11.5. The number of hydrazone groups is 1. The van der Waals surface area contributed by atoms with Gasteiger partial charge in [0.05, 0.1) is 30.6 Å². The van der Waals surface area contributed by atoms with Crippen molar-refractivity contribution < 1.29 is 14.3 Å². The number of rotatable bonds is 9. The Balaban J connectivity index is 1.39. The molecule has 0 saturated carbocycles. The molecule has 3 aromatic carbocycles. The van der Waals surface area contributed by atoms with Crippen LogP contribution in [0.25, 0.3) is 11.3 Å². The third-order valence-corrected chi connectivity index (χ3v) is 5.93. The third-order valence-electron chi connectivity index (χ3n) is 4.89. The van der Waals surface area contributed by atoms with Crippen molar-refractivity contribution in [3.63, 3.8) is 0 Å². The number of nitrogens with zero attached hydrogens (tertiary/aromatic N) is 2. The highest BCUT2D eigenvalue weighted by atomic mass is 35.5. The van der Waals surface area contributed by atoms with Gasteiger partial charge in [0.25, 0.3) is 5.91 Å². The van der Waals surface area contributed by atoms with E-state index in [1.807, 2.05) is 54.8 Å². The van der Waals surface area contributed by atoms with Gasteiger partial charge in [-0.2, -0.15) is 5.10 Å². The quantitative estimate of drug-likeness (QED) is 0.203. The van der Waals surface area contributed by atoms with Gasteiger partial charge in [0.15, 0.2) is 16.6 Å². The van der Waals surface area contributed by atoms with Crippen LogP contribution < -0.4 is 20.2 Å². The number of amides is 1. The topological polar surface area (TPSA) is 84.8 Å². The second-order valence-electron chi connectivity index (χ2n) is 7.27. The number of anilines is 2. The van der Waals surface area contributed by atoms with Gasteiger partial charge in [0, 0.05) is 22.2 Å². The van der Waals surface area contributed by atoms with Crippen molar-refractivity contribution in [2.75, 3.05) is 19.0 Å². The van der Waals surface area contributed by atoms with E-state index in [1.54, 1.807) is 24.3 Å². The van der Waals surface area contributed by atoms with Crippen LogP contribution in [0.3, 0.4) is 0 Å². The molecule has 178 valence electrons. The maximum Gasteiger partial charge on any atom is 0.271 e. The maximum absolute atomic E-state index is 12.5. The summed E-state index contributed by atoms with van der Waals surface area (Å²) in [6.07, 6.45) is 1.50. The Labute approximate surface area is 212 Å². The number of carbonyl (C=O) groups excluding carboxylic acids is 1. The third kappa shape index (κ3) is 6.17. The van der Waals surface area contributed by atoms with Gasteiger partial charge in [-0.25, -0.2) is 10.4 Å². The van der Waals surface area contributed by atoms with Crippen LogP contribution >= 0.6 is 22.9 Å². The molecule has 2 N–H and O–H groups in total. The van der Waals surface area contributed by atoms with Crippen molar-refractivity contribution in [3.05, 3.63) is 88.3 Å². The largest absolute Gasteiger partial charge is 0.491 e. The highest BCUT2D eigenvalue weighted by molar-refractivity contribution is 7.14. The molecule has 0 aliphatic carbocycles. The Morgan fingerprint density at radius 1 is 1.14 bits per heavy atom. The first-order chi connectivity index (χ1) is 17.1. The average molecular weight is 507 g/mol. The minimum atomic E-state index is -0.331. The van der Waals surface area contributed by atoms with E-state index in [2.05, 4.69) is 20.8 Å². The summed E-state index contributed by atoms with van der Waals surface area (Å²) in [6.45, 7) is 2.33. The van der Waals surface area contributed by atoms with Gasteiger partial charge in [-0.3, -0.25) is 4.79 Å². The molecule has 1 aromatic heterocycles. The molecule has 0 aliphatic heterocycles. The summed E-state index contributed by atoms with van der Waals surface area (Å²) >= 11 is 7.77. The lowest BCUT2D eigenvalue weighted by Gasteiger charge is -2.11. The van der Waals surface area contributed by atoms with E-state index < -0.39 is 0 Å². The Kier molecular flexibility index (Phi) is 7.97. The van der Waals surface area contributed by atoms with E-state index in [0.717, 1.165) is 22.1 Å². The van der Waals surface area contributed by atoms with E-state index >= 15 is 0 Å². The lowest BCUT2D eigenvalue weighted by Crippen LogP contribution is -2.17. The van der Waals surface area contributed by atoms with Gasteiger partial charge in [-0.1, -0.05) is 41.9 Å². The average Bonchev–Trinajstić information content (AvgIpc) is 3.33. The van der Waals surface area contributed by atoms with Gasteiger partial charge >= 0.3 is 0 Å². The fourth-order valence-electron chi connectivity index (χ4n) is 3.25. The summed E-state index contributed by atoms with van der Waals surface area (Å²) in [7, 11) is 1.53. The fraction of sp³-hybridized carbons (Fsp3) is 0.115. The molecule has 1 amide bonds. The van der Waals surface area contributed by atoms with E-state index in [-0.39, 0.29) is 5.91 Å². The van der Waals surface area contributed by atoms with E-state index in [4.69, 9.17) is 21.1 Å². The summed E-state index contributed by atoms with van der Waals surface area (Å²) in [5.41, 5.74) is 6.40. The first kappa shape index (κ1) is 24.3. The molecule has 0 fully saturated rings. The molecule has 9 heteroatoms. The first-order valence-electron chi connectivity index (χ1n) is 10.8. The zero-order valence-electron chi connectivity index (χ0n) is 19.1. The Morgan fingerprint density at radius 2 is 1.91 bits per heavy atom. The summed E-state index contributed by atoms with van der Waals surface area (Å²) in [5, 5.41) is 10.5. The fourth-order valence-corrected chi connectivity index (χ4v) is 4.29. The molecule has 7 nitrogen and oxygen atoms in total. The van der Waals surface area contributed by atoms with E-state index in [0.29, 0.717) is 34.3 Å². The monoisotopic (exact) mass is 506 g/mol. The van der Waals surface area contributed by atoms with Crippen molar-refractivity contribution in [2.24, 2.45) is 5.10 Å². The Morgan fingerprint density at radius 3 is 2.63 bits per heavy atom. The predicted octanol–water partition coefficient (Wildman–Crippen LogP) is 6.38. The van der Waals surface area contributed by atoms with Crippen LogP contribution in [0.15, 0.2) is 77.2 Å². The Hall–Kier alpha value is -3.88.